The molecule has 78 valence electrons. The minimum Gasteiger partial charge on any atom is -0.337 e. The Hall–Kier alpha value is -1.68. The normalized spacial score (nSPS) is 10.5. The SMILES string of the molecule is NCc1cn(CCc2ccncc2)cn1. The van der Waals surface area contributed by atoms with Crippen LogP contribution in [0, 0.1) is 0 Å². The maximum atomic E-state index is 5.49. The van der Waals surface area contributed by atoms with Gasteiger partial charge < -0.3 is 10.3 Å². The van der Waals surface area contributed by atoms with Crippen molar-refractivity contribution in [2.75, 3.05) is 0 Å². The van der Waals surface area contributed by atoms with Crippen molar-refractivity contribution >= 4 is 0 Å². The van der Waals surface area contributed by atoms with E-state index in [9.17, 15) is 0 Å². The average Bonchev–Trinajstić information content (AvgIpc) is 2.76. The number of aryl methyl sites for hydroxylation is 2. The van der Waals surface area contributed by atoms with E-state index in [1.165, 1.54) is 5.56 Å². The first kappa shape index (κ1) is 9.86. The summed E-state index contributed by atoms with van der Waals surface area (Å²) in [6, 6.07) is 4.06. The van der Waals surface area contributed by atoms with Gasteiger partial charge >= 0.3 is 0 Å². The highest BCUT2D eigenvalue weighted by Gasteiger charge is 1.97. The zero-order valence-electron chi connectivity index (χ0n) is 8.50. The van der Waals surface area contributed by atoms with Crippen molar-refractivity contribution in [1.82, 2.24) is 14.5 Å². The van der Waals surface area contributed by atoms with Crippen molar-refractivity contribution in [1.29, 1.82) is 0 Å². The molecule has 0 radical (unpaired) electrons. The quantitative estimate of drug-likeness (QED) is 0.804. The van der Waals surface area contributed by atoms with Gasteiger partial charge in [-0.15, -0.1) is 0 Å². The van der Waals surface area contributed by atoms with Gasteiger partial charge in [0.2, 0.25) is 0 Å². The number of nitrogens with zero attached hydrogens (tertiary/aromatic N) is 3. The molecule has 2 rings (SSSR count). The molecule has 0 amide bonds. The molecule has 0 fully saturated rings. The molecule has 2 N–H and O–H groups in total. The third-order valence-electron chi connectivity index (χ3n) is 2.30. The first-order valence-electron chi connectivity index (χ1n) is 4.98. The number of aromatic nitrogens is 3. The largest absolute Gasteiger partial charge is 0.337 e. The maximum absolute atomic E-state index is 5.49. The molecule has 0 aliphatic carbocycles. The third kappa shape index (κ3) is 2.63. The van der Waals surface area contributed by atoms with Gasteiger partial charge in [-0.05, 0) is 24.1 Å². The van der Waals surface area contributed by atoms with Gasteiger partial charge in [-0.1, -0.05) is 0 Å². The summed E-state index contributed by atoms with van der Waals surface area (Å²) in [6.07, 6.45) is 8.43. The van der Waals surface area contributed by atoms with E-state index in [1.807, 2.05) is 37.1 Å². The molecule has 0 aromatic carbocycles. The van der Waals surface area contributed by atoms with E-state index < -0.39 is 0 Å². The van der Waals surface area contributed by atoms with E-state index in [0.717, 1.165) is 18.7 Å². The molecule has 2 aromatic heterocycles. The molecule has 4 nitrogen and oxygen atoms in total. The van der Waals surface area contributed by atoms with Crippen molar-refractivity contribution in [3.8, 4) is 0 Å². The molecule has 0 bridgehead atoms. The Bertz CT molecular complexity index is 408. The highest BCUT2D eigenvalue weighted by atomic mass is 15.0. The van der Waals surface area contributed by atoms with Gasteiger partial charge in [0.15, 0.2) is 0 Å². The van der Waals surface area contributed by atoms with E-state index in [2.05, 4.69) is 14.5 Å². The Balaban J connectivity index is 1.93. The molecule has 2 heterocycles. The Morgan fingerprint density at radius 1 is 1.27 bits per heavy atom. The lowest BCUT2D eigenvalue weighted by Crippen LogP contribution is -1.99. The number of hydrogen-bond acceptors (Lipinski definition) is 3. The second kappa shape index (κ2) is 4.70. The van der Waals surface area contributed by atoms with Gasteiger partial charge in [-0.3, -0.25) is 4.98 Å². The number of rotatable bonds is 4. The van der Waals surface area contributed by atoms with Crippen LogP contribution in [-0.2, 0) is 19.5 Å². The molecule has 15 heavy (non-hydrogen) atoms. The molecule has 0 aliphatic heterocycles. The second-order valence-electron chi connectivity index (χ2n) is 3.41. The van der Waals surface area contributed by atoms with E-state index in [1.54, 1.807) is 0 Å². The molecular formula is C11H14N4. The Kier molecular flexibility index (Phi) is 3.09. The summed E-state index contributed by atoms with van der Waals surface area (Å²) in [4.78, 5) is 8.15. The van der Waals surface area contributed by atoms with Gasteiger partial charge in [-0.2, -0.15) is 0 Å². The van der Waals surface area contributed by atoms with Crippen molar-refractivity contribution in [2.45, 2.75) is 19.5 Å². The molecule has 2 aromatic rings. The molecule has 4 heteroatoms. The predicted molar refractivity (Wildman–Crippen MR) is 58.1 cm³/mol. The molecule has 0 spiro atoms. The number of imidazole rings is 1. The average molecular weight is 202 g/mol. The first-order chi connectivity index (χ1) is 7.38. The standard InChI is InChI=1S/C11H14N4/c12-7-11-8-15(9-14-11)6-3-10-1-4-13-5-2-10/h1-2,4-5,8-9H,3,6-7,12H2. The van der Waals surface area contributed by atoms with Crippen LogP contribution in [0.3, 0.4) is 0 Å². The summed E-state index contributed by atoms with van der Waals surface area (Å²) in [5.41, 5.74) is 7.71. The van der Waals surface area contributed by atoms with Crippen LogP contribution in [0.2, 0.25) is 0 Å². The third-order valence-corrected chi connectivity index (χ3v) is 2.30. The van der Waals surface area contributed by atoms with Crippen LogP contribution in [-0.4, -0.2) is 14.5 Å². The molecule has 0 atom stereocenters. The summed E-state index contributed by atoms with van der Waals surface area (Å²) in [6.45, 7) is 1.43. The van der Waals surface area contributed by atoms with Crippen molar-refractivity contribution in [2.24, 2.45) is 5.73 Å². The molecule has 0 saturated heterocycles. The van der Waals surface area contributed by atoms with Crippen LogP contribution in [0.1, 0.15) is 11.3 Å². The van der Waals surface area contributed by atoms with E-state index >= 15 is 0 Å². The fourth-order valence-corrected chi connectivity index (χ4v) is 1.44. The number of pyridine rings is 1. The molecule has 0 unspecified atom stereocenters. The molecule has 0 saturated carbocycles. The van der Waals surface area contributed by atoms with Crippen molar-refractivity contribution in [3.63, 3.8) is 0 Å². The summed E-state index contributed by atoms with van der Waals surface area (Å²) >= 11 is 0. The smallest absolute Gasteiger partial charge is 0.0950 e. The van der Waals surface area contributed by atoms with Crippen LogP contribution in [0.15, 0.2) is 37.1 Å². The van der Waals surface area contributed by atoms with Crippen molar-refractivity contribution < 1.29 is 0 Å². The summed E-state index contributed by atoms with van der Waals surface area (Å²) in [5, 5.41) is 0. The maximum Gasteiger partial charge on any atom is 0.0950 e. The van der Waals surface area contributed by atoms with E-state index in [4.69, 9.17) is 5.73 Å². The number of hydrogen-bond donors (Lipinski definition) is 1. The van der Waals surface area contributed by atoms with Crippen LogP contribution in [0.5, 0.6) is 0 Å². The zero-order valence-corrected chi connectivity index (χ0v) is 8.50. The summed E-state index contributed by atoms with van der Waals surface area (Å²) < 4.78 is 2.06. The van der Waals surface area contributed by atoms with Crippen molar-refractivity contribution in [3.05, 3.63) is 48.3 Å². The topological polar surface area (TPSA) is 56.7 Å². The van der Waals surface area contributed by atoms with Gasteiger partial charge in [0.05, 0.1) is 12.0 Å². The monoisotopic (exact) mass is 202 g/mol. The first-order valence-corrected chi connectivity index (χ1v) is 4.98. The number of nitrogens with two attached hydrogens (primary N) is 1. The minimum atomic E-state index is 0.502. The summed E-state index contributed by atoms with van der Waals surface area (Å²) in [7, 11) is 0. The van der Waals surface area contributed by atoms with Gasteiger partial charge in [-0.25, -0.2) is 4.98 Å². The highest BCUT2D eigenvalue weighted by molar-refractivity contribution is 5.09. The predicted octanol–water partition coefficient (Wildman–Crippen LogP) is 0.979. The minimum absolute atomic E-state index is 0.502. The lowest BCUT2D eigenvalue weighted by Gasteiger charge is -2.01. The van der Waals surface area contributed by atoms with E-state index in [0.29, 0.717) is 6.54 Å². The lowest BCUT2D eigenvalue weighted by molar-refractivity contribution is 0.694. The zero-order chi connectivity index (χ0) is 10.5. The van der Waals surface area contributed by atoms with Crippen LogP contribution in [0.25, 0.3) is 0 Å². The fraction of sp³-hybridized carbons (Fsp3) is 0.273. The Morgan fingerprint density at radius 2 is 2.07 bits per heavy atom. The van der Waals surface area contributed by atoms with Gasteiger partial charge in [0.1, 0.15) is 0 Å². The van der Waals surface area contributed by atoms with Crippen LogP contribution >= 0.6 is 0 Å². The Morgan fingerprint density at radius 3 is 2.73 bits per heavy atom. The van der Waals surface area contributed by atoms with Crippen LogP contribution in [0.4, 0.5) is 0 Å². The highest BCUT2D eigenvalue weighted by Crippen LogP contribution is 2.01. The second-order valence-corrected chi connectivity index (χ2v) is 3.41. The molecule has 0 aliphatic rings. The van der Waals surface area contributed by atoms with E-state index in [-0.39, 0.29) is 0 Å². The lowest BCUT2D eigenvalue weighted by atomic mass is 10.2. The fourth-order valence-electron chi connectivity index (χ4n) is 1.44. The Labute approximate surface area is 88.8 Å². The van der Waals surface area contributed by atoms with Crippen LogP contribution < -0.4 is 5.73 Å². The van der Waals surface area contributed by atoms with Gasteiger partial charge in [0, 0.05) is 31.7 Å². The summed E-state index contributed by atoms with van der Waals surface area (Å²) in [5.74, 6) is 0. The van der Waals surface area contributed by atoms with Gasteiger partial charge in [0.25, 0.3) is 0 Å². The molecular weight excluding hydrogens is 188 g/mol.